The zero-order valence-electron chi connectivity index (χ0n) is 15.1. The zero-order chi connectivity index (χ0) is 18.4. The van der Waals surface area contributed by atoms with E-state index in [9.17, 15) is 9.59 Å². The molecule has 0 aliphatic carbocycles. The van der Waals surface area contributed by atoms with Crippen molar-refractivity contribution in [2.45, 2.75) is 25.4 Å². The summed E-state index contributed by atoms with van der Waals surface area (Å²) in [6.45, 7) is 2.49. The van der Waals surface area contributed by atoms with Crippen LogP contribution in [0.2, 0.25) is 0 Å². The number of nitrogens with one attached hydrogen (secondary N) is 1. The minimum atomic E-state index is -0.0293. The molecule has 2 amide bonds. The van der Waals surface area contributed by atoms with Crippen LogP contribution in [0.1, 0.15) is 29.0 Å². The number of rotatable bonds is 6. The van der Waals surface area contributed by atoms with Gasteiger partial charge in [-0.2, -0.15) is 0 Å². The van der Waals surface area contributed by atoms with Gasteiger partial charge in [0.25, 0.3) is 5.91 Å². The summed E-state index contributed by atoms with van der Waals surface area (Å²) in [6, 6.07) is 13.1. The molecule has 0 saturated carbocycles. The van der Waals surface area contributed by atoms with Crippen molar-refractivity contribution < 1.29 is 14.0 Å². The second-order valence-corrected chi connectivity index (χ2v) is 6.72. The number of hydrogen-bond acceptors (Lipinski definition) is 4. The van der Waals surface area contributed by atoms with Crippen molar-refractivity contribution in [3.63, 3.8) is 0 Å². The summed E-state index contributed by atoms with van der Waals surface area (Å²) >= 11 is 0. The van der Waals surface area contributed by atoms with Crippen LogP contribution < -0.4 is 5.32 Å². The molecule has 1 fully saturated rings. The Hall–Kier alpha value is -2.60. The van der Waals surface area contributed by atoms with E-state index < -0.39 is 0 Å². The third kappa shape index (κ3) is 4.95. The number of piperidine rings is 1. The fourth-order valence-corrected chi connectivity index (χ4v) is 3.13. The van der Waals surface area contributed by atoms with Crippen LogP contribution >= 0.6 is 0 Å². The van der Waals surface area contributed by atoms with Crippen LogP contribution in [-0.2, 0) is 11.3 Å². The smallest absolute Gasteiger partial charge is 0.251 e. The maximum absolute atomic E-state index is 12.4. The summed E-state index contributed by atoms with van der Waals surface area (Å²) < 4.78 is 5.28. The van der Waals surface area contributed by atoms with Crippen LogP contribution in [-0.4, -0.2) is 54.3 Å². The van der Waals surface area contributed by atoms with Gasteiger partial charge in [0.15, 0.2) is 0 Å². The largest absolute Gasteiger partial charge is 0.467 e. The molecule has 6 heteroatoms. The summed E-state index contributed by atoms with van der Waals surface area (Å²) in [6.07, 6.45) is 3.32. The van der Waals surface area contributed by atoms with Gasteiger partial charge in [0, 0.05) is 31.7 Å². The highest BCUT2D eigenvalue weighted by Crippen LogP contribution is 2.12. The van der Waals surface area contributed by atoms with E-state index in [-0.39, 0.29) is 17.9 Å². The van der Waals surface area contributed by atoms with Gasteiger partial charge in [-0.05, 0) is 37.1 Å². The lowest BCUT2D eigenvalue weighted by Crippen LogP contribution is -2.47. The molecule has 6 nitrogen and oxygen atoms in total. The Morgan fingerprint density at radius 1 is 1.15 bits per heavy atom. The van der Waals surface area contributed by atoms with E-state index in [0.717, 1.165) is 31.7 Å². The highest BCUT2D eigenvalue weighted by molar-refractivity contribution is 5.94. The molecule has 0 atom stereocenters. The molecule has 1 N–H and O–H groups in total. The Bertz CT molecular complexity index is 707. The fraction of sp³-hybridized carbons (Fsp3) is 0.400. The molecule has 0 radical (unpaired) electrons. The summed E-state index contributed by atoms with van der Waals surface area (Å²) in [5.41, 5.74) is 0.685. The van der Waals surface area contributed by atoms with E-state index in [4.69, 9.17) is 4.42 Å². The van der Waals surface area contributed by atoms with Crippen molar-refractivity contribution >= 4 is 11.8 Å². The van der Waals surface area contributed by atoms with Crippen LogP contribution in [0.15, 0.2) is 53.1 Å². The number of nitrogens with zero attached hydrogens (tertiary/aromatic N) is 2. The number of carbonyl (C=O) groups is 2. The molecule has 2 aromatic rings. The van der Waals surface area contributed by atoms with Gasteiger partial charge in [-0.15, -0.1) is 0 Å². The first-order valence-electron chi connectivity index (χ1n) is 8.96. The summed E-state index contributed by atoms with van der Waals surface area (Å²) in [7, 11) is 1.79. The molecule has 1 aromatic heterocycles. The number of carbonyl (C=O) groups excluding carboxylic acids is 2. The van der Waals surface area contributed by atoms with Crippen molar-refractivity contribution in [3.8, 4) is 0 Å². The maximum Gasteiger partial charge on any atom is 0.251 e. The molecule has 0 unspecified atom stereocenters. The molecule has 1 aliphatic heterocycles. The Morgan fingerprint density at radius 3 is 2.54 bits per heavy atom. The second-order valence-electron chi connectivity index (χ2n) is 6.72. The van der Waals surface area contributed by atoms with Crippen LogP contribution in [0.4, 0.5) is 0 Å². The monoisotopic (exact) mass is 355 g/mol. The van der Waals surface area contributed by atoms with E-state index >= 15 is 0 Å². The molecule has 1 saturated heterocycles. The summed E-state index contributed by atoms with van der Waals surface area (Å²) in [5, 5.41) is 3.09. The average molecular weight is 355 g/mol. The van der Waals surface area contributed by atoms with E-state index in [2.05, 4.69) is 10.2 Å². The molecule has 3 rings (SSSR count). The number of benzene rings is 1. The quantitative estimate of drug-likeness (QED) is 0.862. The molecule has 1 aromatic carbocycles. The Balaban J connectivity index is 1.40. The summed E-state index contributed by atoms with van der Waals surface area (Å²) in [4.78, 5) is 28.4. The van der Waals surface area contributed by atoms with Crippen LogP contribution in [0.25, 0.3) is 0 Å². The third-order valence-electron chi connectivity index (χ3n) is 4.72. The van der Waals surface area contributed by atoms with Crippen molar-refractivity contribution in [1.29, 1.82) is 0 Å². The maximum atomic E-state index is 12.4. The molecule has 2 heterocycles. The molecule has 1 aliphatic rings. The second kappa shape index (κ2) is 8.67. The van der Waals surface area contributed by atoms with Gasteiger partial charge in [-0.25, -0.2) is 0 Å². The van der Waals surface area contributed by atoms with Gasteiger partial charge in [0.1, 0.15) is 5.76 Å². The zero-order valence-corrected chi connectivity index (χ0v) is 15.1. The van der Waals surface area contributed by atoms with Gasteiger partial charge in [0.05, 0.1) is 19.4 Å². The lowest BCUT2D eigenvalue weighted by atomic mass is 10.0. The third-order valence-corrected chi connectivity index (χ3v) is 4.72. The normalized spacial score (nSPS) is 15.6. The van der Waals surface area contributed by atoms with Gasteiger partial charge in [-0.1, -0.05) is 18.2 Å². The molecule has 138 valence electrons. The van der Waals surface area contributed by atoms with Gasteiger partial charge >= 0.3 is 0 Å². The van der Waals surface area contributed by atoms with Crippen molar-refractivity contribution in [1.82, 2.24) is 15.1 Å². The molecular weight excluding hydrogens is 330 g/mol. The predicted octanol–water partition coefficient (Wildman–Crippen LogP) is 2.13. The predicted molar refractivity (Wildman–Crippen MR) is 98.6 cm³/mol. The van der Waals surface area contributed by atoms with Gasteiger partial charge < -0.3 is 14.6 Å². The van der Waals surface area contributed by atoms with Crippen molar-refractivity contribution in [2.24, 2.45) is 0 Å². The lowest BCUT2D eigenvalue weighted by Gasteiger charge is -2.32. The van der Waals surface area contributed by atoms with Crippen LogP contribution in [0.3, 0.4) is 0 Å². The Kier molecular flexibility index (Phi) is 6.07. The van der Waals surface area contributed by atoms with Gasteiger partial charge in [-0.3, -0.25) is 14.5 Å². The highest BCUT2D eigenvalue weighted by Gasteiger charge is 2.23. The topological polar surface area (TPSA) is 65.8 Å². The highest BCUT2D eigenvalue weighted by atomic mass is 16.3. The Morgan fingerprint density at radius 2 is 1.88 bits per heavy atom. The van der Waals surface area contributed by atoms with Gasteiger partial charge in [0.2, 0.25) is 5.91 Å². The van der Waals surface area contributed by atoms with Crippen molar-refractivity contribution in [2.75, 3.05) is 26.7 Å². The molecule has 0 spiro atoms. The Labute approximate surface area is 153 Å². The molecule has 0 bridgehead atoms. The minimum absolute atomic E-state index is 0.0293. The number of hydrogen-bond donors (Lipinski definition) is 1. The average Bonchev–Trinajstić information content (AvgIpc) is 3.17. The minimum Gasteiger partial charge on any atom is -0.467 e. The standard InChI is InChI=1S/C20H25N3O3/c1-22(14-18-8-5-13-26-18)19(24)15-23-11-9-17(10-12-23)21-20(25)16-6-3-2-4-7-16/h2-8,13,17H,9-12,14-15H2,1H3,(H,21,25). The molecule has 26 heavy (non-hydrogen) atoms. The fourth-order valence-electron chi connectivity index (χ4n) is 3.13. The number of likely N-dealkylation sites (N-methyl/N-ethyl adjacent to an activating group) is 1. The number of likely N-dealkylation sites (tertiary alicyclic amines) is 1. The first-order valence-corrected chi connectivity index (χ1v) is 8.96. The first-order chi connectivity index (χ1) is 12.6. The van der Waals surface area contributed by atoms with E-state index in [1.54, 1.807) is 18.2 Å². The SMILES string of the molecule is CN(Cc1ccco1)C(=O)CN1CCC(NC(=O)c2ccccc2)CC1. The first kappa shape index (κ1) is 18.2. The molecular formula is C20H25N3O3. The van der Waals surface area contributed by atoms with Crippen LogP contribution in [0.5, 0.6) is 0 Å². The number of amides is 2. The van der Waals surface area contributed by atoms with E-state index in [1.165, 1.54) is 0 Å². The van der Waals surface area contributed by atoms with Crippen molar-refractivity contribution in [3.05, 3.63) is 60.1 Å². The van der Waals surface area contributed by atoms with Crippen LogP contribution in [0, 0.1) is 0 Å². The lowest BCUT2D eigenvalue weighted by molar-refractivity contribution is -0.132. The van der Waals surface area contributed by atoms with E-state index in [1.807, 2.05) is 42.5 Å². The summed E-state index contributed by atoms with van der Waals surface area (Å²) in [5.74, 6) is 0.828. The van der Waals surface area contributed by atoms with E-state index in [0.29, 0.717) is 18.7 Å². The number of furan rings is 1.